The molecular weight excluding hydrogens is 184 g/mol. The molecule has 0 aromatic rings. The third-order valence-electron chi connectivity index (χ3n) is 3.00. The molecule has 0 unspecified atom stereocenters. The fourth-order valence-corrected chi connectivity index (χ4v) is 5.94. The number of rotatable bonds is 8. The predicted molar refractivity (Wildman–Crippen MR) is 70.8 cm³/mol. The van der Waals surface area contributed by atoms with E-state index in [9.17, 15) is 0 Å². The maximum Gasteiger partial charge on any atom is 0.0367 e. The van der Waals surface area contributed by atoms with Crippen molar-refractivity contribution in [3.05, 3.63) is 0 Å². The van der Waals surface area contributed by atoms with Crippen molar-refractivity contribution in [1.82, 2.24) is 0 Å². The Morgan fingerprint density at radius 2 is 1.21 bits per heavy atom. The van der Waals surface area contributed by atoms with Gasteiger partial charge in [-0.15, -0.1) is 0 Å². The second-order valence-corrected chi connectivity index (χ2v) is 9.06. The molecule has 0 spiro atoms. The molecule has 0 aliphatic carbocycles. The first-order chi connectivity index (χ1) is 6.56. The molecule has 0 bridgehead atoms. The minimum absolute atomic E-state index is 0.346. The first kappa shape index (κ1) is 14.2. The van der Waals surface area contributed by atoms with E-state index in [0.717, 1.165) is 11.8 Å². The van der Waals surface area contributed by atoms with Crippen molar-refractivity contribution < 1.29 is 0 Å². The van der Waals surface area contributed by atoms with Crippen LogP contribution in [0, 0.1) is 11.8 Å². The number of hydrogen-bond acceptors (Lipinski definition) is 0. The molecule has 0 fully saturated rings. The Kier molecular flexibility index (Phi) is 8.65. The molecular formula is C13H30Si. The van der Waals surface area contributed by atoms with Crippen LogP contribution in [0.15, 0.2) is 0 Å². The summed E-state index contributed by atoms with van der Waals surface area (Å²) in [5.41, 5.74) is 0. The van der Waals surface area contributed by atoms with Crippen LogP contribution in [0.2, 0.25) is 18.1 Å². The highest BCUT2D eigenvalue weighted by molar-refractivity contribution is 6.58. The maximum atomic E-state index is 2.36. The van der Waals surface area contributed by atoms with Gasteiger partial charge in [-0.05, 0) is 11.8 Å². The van der Waals surface area contributed by atoms with Crippen LogP contribution in [0.4, 0.5) is 0 Å². The molecule has 0 aliphatic rings. The van der Waals surface area contributed by atoms with Crippen molar-refractivity contribution in [2.45, 2.75) is 72.0 Å². The molecule has 0 saturated carbocycles. The van der Waals surface area contributed by atoms with Gasteiger partial charge < -0.3 is 0 Å². The lowest BCUT2D eigenvalue weighted by molar-refractivity contribution is 0.605. The summed E-state index contributed by atoms with van der Waals surface area (Å²) in [4.78, 5) is 0. The summed E-state index contributed by atoms with van der Waals surface area (Å²) in [7, 11) is -0.346. The van der Waals surface area contributed by atoms with Crippen molar-refractivity contribution in [3.63, 3.8) is 0 Å². The lowest BCUT2D eigenvalue weighted by Crippen LogP contribution is -2.13. The van der Waals surface area contributed by atoms with Crippen LogP contribution < -0.4 is 0 Å². The van der Waals surface area contributed by atoms with Gasteiger partial charge in [0.1, 0.15) is 0 Å². The summed E-state index contributed by atoms with van der Waals surface area (Å²) in [6.45, 7) is 11.8. The summed E-state index contributed by atoms with van der Waals surface area (Å²) >= 11 is 0. The minimum Gasteiger partial charge on any atom is -0.0657 e. The Labute approximate surface area is 93.1 Å². The first-order valence-electron chi connectivity index (χ1n) is 6.56. The topological polar surface area (TPSA) is 0 Å². The van der Waals surface area contributed by atoms with E-state index in [1.807, 2.05) is 0 Å². The van der Waals surface area contributed by atoms with Crippen molar-refractivity contribution in [2.75, 3.05) is 0 Å². The molecule has 0 aromatic heterocycles. The second kappa shape index (κ2) is 8.52. The zero-order valence-electron chi connectivity index (χ0n) is 11.0. The average molecular weight is 214 g/mol. The van der Waals surface area contributed by atoms with Gasteiger partial charge in [-0.2, -0.15) is 0 Å². The zero-order chi connectivity index (χ0) is 11.0. The Bertz CT molecular complexity index is 106. The molecule has 86 valence electrons. The van der Waals surface area contributed by atoms with Gasteiger partial charge in [0, 0.05) is 8.80 Å². The quantitative estimate of drug-likeness (QED) is 0.513. The SMILES string of the molecule is CCC[SiH](CCC(C)C)CCC(C)C. The van der Waals surface area contributed by atoms with E-state index in [2.05, 4.69) is 34.6 Å². The largest absolute Gasteiger partial charge is 0.0657 e. The summed E-state index contributed by atoms with van der Waals surface area (Å²) in [5.74, 6) is 1.84. The minimum atomic E-state index is -0.346. The molecule has 0 nitrogen and oxygen atoms in total. The van der Waals surface area contributed by atoms with Gasteiger partial charge in [-0.1, -0.05) is 72.0 Å². The molecule has 0 N–H and O–H groups in total. The molecule has 0 aromatic carbocycles. The van der Waals surface area contributed by atoms with Crippen LogP contribution in [-0.4, -0.2) is 8.80 Å². The fraction of sp³-hybridized carbons (Fsp3) is 1.00. The molecule has 0 rings (SSSR count). The summed E-state index contributed by atoms with van der Waals surface area (Å²) < 4.78 is 0. The van der Waals surface area contributed by atoms with E-state index in [1.54, 1.807) is 18.1 Å². The summed E-state index contributed by atoms with van der Waals surface area (Å²) in [5, 5.41) is 0. The van der Waals surface area contributed by atoms with Crippen molar-refractivity contribution in [3.8, 4) is 0 Å². The van der Waals surface area contributed by atoms with Crippen LogP contribution in [0.1, 0.15) is 53.9 Å². The van der Waals surface area contributed by atoms with Crippen LogP contribution in [0.5, 0.6) is 0 Å². The molecule has 1 heteroatoms. The van der Waals surface area contributed by atoms with E-state index < -0.39 is 0 Å². The lowest BCUT2D eigenvalue weighted by Gasteiger charge is -2.16. The van der Waals surface area contributed by atoms with Crippen LogP contribution in [0.25, 0.3) is 0 Å². The predicted octanol–water partition coefficient (Wildman–Crippen LogP) is 4.72. The van der Waals surface area contributed by atoms with Crippen molar-refractivity contribution in [1.29, 1.82) is 0 Å². The smallest absolute Gasteiger partial charge is 0.0367 e. The number of hydrogen-bond donors (Lipinski definition) is 0. The molecule has 14 heavy (non-hydrogen) atoms. The summed E-state index contributed by atoms with van der Waals surface area (Å²) in [6.07, 6.45) is 4.39. The Hall–Kier alpha value is 0.217. The van der Waals surface area contributed by atoms with Gasteiger partial charge in [0.05, 0.1) is 0 Å². The fourth-order valence-electron chi connectivity index (χ4n) is 1.98. The van der Waals surface area contributed by atoms with Gasteiger partial charge in [0.25, 0.3) is 0 Å². The van der Waals surface area contributed by atoms with Gasteiger partial charge >= 0.3 is 0 Å². The average Bonchev–Trinajstić information content (AvgIpc) is 2.09. The van der Waals surface area contributed by atoms with Crippen LogP contribution in [-0.2, 0) is 0 Å². The van der Waals surface area contributed by atoms with Gasteiger partial charge in [-0.3, -0.25) is 0 Å². The van der Waals surface area contributed by atoms with Crippen molar-refractivity contribution in [2.24, 2.45) is 11.8 Å². The van der Waals surface area contributed by atoms with E-state index in [1.165, 1.54) is 19.3 Å². The van der Waals surface area contributed by atoms with Gasteiger partial charge in [-0.25, -0.2) is 0 Å². The molecule has 0 atom stereocenters. The molecule has 0 aliphatic heterocycles. The standard InChI is InChI=1S/C13H30Si/c1-6-9-14(10-7-12(2)3)11-8-13(4)5/h12-14H,6-11H2,1-5H3. The molecule has 0 amide bonds. The zero-order valence-corrected chi connectivity index (χ0v) is 12.1. The van der Waals surface area contributed by atoms with Crippen molar-refractivity contribution >= 4 is 8.80 Å². The highest BCUT2D eigenvalue weighted by Crippen LogP contribution is 2.18. The third-order valence-corrected chi connectivity index (χ3v) is 6.69. The second-order valence-electron chi connectivity index (χ2n) is 5.60. The van der Waals surface area contributed by atoms with Gasteiger partial charge in [0.2, 0.25) is 0 Å². The van der Waals surface area contributed by atoms with Crippen LogP contribution in [0.3, 0.4) is 0 Å². The summed E-state index contributed by atoms with van der Waals surface area (Å²) in [6, 6.07) is 4.77. The highest BCUT2D eigenvalue weighted by atomic mass is 28.3. The maximum absolute atomic E-state index is 2.36. The lowest BCUT2D eigenvalue weighted by atomic mass is 10.2. The normalized spacial score (nSPS) is 12.0. The van der Waals surface area contributed by atoms with E-state index in [-0.39, 0.29) is 8.80 Å². The monoisotopic (exact) mass is 214 g/mol. The van der Waals surface area contributed by atoms with E-state index >= 15 is 0 Å². The third kappa shape index (κ3) is 8.80. The van der Waals surface area contributed by atoms with E-state index in [0.29, 0.717) is 0 Å². The Balaban J connectivity index is 3.65. The van der Waals surface area contributed by atoms with Crippen LogP contribution >= 0.6 is 0 Å². The molecule has 0 heterocycles. The van der Waals surface area contributed by atoms with E-state index in [4.69, 9.17) is 0 Å². The molecule has 0 radical (unpaired) electrons. The molecule has 0 saturated heterocycles. The Morgan fingerprint density at radius 1 is 0.786 bits per heavy atom. The highest BCUT2D eigenvalue weighted by Gasteiger charge is 2.11. The Morgan fingerprint density at radius 3 is 1.50 bits per heavy atom. The first-order valence-corrected chi connectivity index (χ1v) is 9.01. The van der Waals surface area contributed by atoms with Gasteiger partial charge in [0.15, 0.2) is 0 Å².